The van der Waals surface area contributed by atoms with Gasteiger partial charge in [0.15, 0.2) is 0 Å². The first-order valence-corrected chi connectivity index (χ1v) is 11.2. The molecule has 0 amide bonds. The van der Waals surface area contributed by atoms with E-state index in [1.807, 2.05) is 0 Å². The Bertz CT molecular complexity index is 1170. The highest BCUT2D eigenvalue weighted by atomic mass is 16.5. The van der Waals surface area contributed by atoms with Gasteiger partial charge in [-0.2, -0.15) is 0 Å². The van der Waals surface area contributed by atoms with Crippen LogP contribution in [0.1, 0.15) is 34.2 Å². The Balaban J connectivity index is 1.37. The quantitative estimate of drug-likeness (QED) is 0.572. The predicted molar refractivity (Wildman–Crippen MR) is 126 cm³/mol. The number of hydrogen-bond acceptors (Lipinski definition) is 2. The summed E-state index contributed by atoms with van der Waals surface area (Å²) in [5.74, 6) is 0. The lowest BCUT2D eigenvalue weighted by Gasteiger charge is -2.26. The van der Waals surface area contributed by atoms with Gasteiger partial charge in [-0.05, 0) is 75.1 Å². The molecule has 6 rings (SSSR count). The van der Waals surface area contributed by atoms with Gasteiger partial charge in [-0.25, -0.2) is 0 Å². The highest BCUT2D eigenvalue weighted by Crippen LogP contribution is 2.40. The van der Waals surface area contributed by atoms with Gasteiger partial charge in [-0.15, -0.1) is 0 Å². The second-order valence-electron chi connectivity index (χ2n) is 8.67. The highest BCUT2D eigenvalue weighted by Gasteiger charge is 2.20. The molecule has 2 aliphatic carbocycles. The standard InChI is InChI=1S/C28H27NO/c1-2-6-26-24(19-23(25(26)5-1)12-13-29-14-16-30-17-15-29)18-22-11-10-21-9-8-20-4-3-7-27(22)28(20)21/h1-7,10-11,18-19H,8-9,12-17H2/b24-18+. The van der Waals surface area contributed by atoms with Crippen molar-refractivity contribution in [2.24, 2.45) is 0 Å². The summed E-state index contributed by atoms with van der Waals surface area (Å²) in [4.78, 5) is 2.53. The maximum Gasteiger partial charge on any atom is 0.0594 e. The number of benzene rings is 3. The van der Waals surface area contributed by atoms with Crippen molar-refractivity contribution in [2.75, 3.05) is 32.8 Å². The molecular formula is C28H27NO. The number of aryl methyl sites for hydroxylation is 2. The SMILES string of the molecule is C1=C(CCN2CCOCC2)c2ccccc2/C1=C/c1ccc2c3c(cccc13)CC2. The molecule has 0 atom stereocenters. The fourth-order valence-corrected chi connectivity index (χ4v) is 5.35. The normalized spacial score (nSPS) is 19.5. The number of nitrogens with zero attached hydrogens (tertiary/aromatic N) is 1. The predicted octanol–water partition coefficient (Wildman–Crippen LogP) is 5.60. The summed E-state index contributed by atoms with van der Waals surface area (Å²) in [5.41, 5.74) is 9.96. The molecule has 0 bridgehead atoms. The van der Waals surface area contributed by atoms with Gasteiger partial charge >= 0.3 is 0 Å². The van der Waals surface area contributed by atoms with Crippen molar-refractivity contribution in [1.29, 1.82) is 0 Å². The minimum absolute atomic E-state index is 0.867. The van der Waals surface area contributed by atoms with E-state index in [1.54, 1.807) is 0 Å². The first-order valence-electron chi connectivity index (χ1n) is 11.2. The Morgan fingerprint density at radius 3 is 2.50 bits per heavy atom. The monoisotopic (exact) mass is 393 g/mol. The molecule has 1 fully saturated rings. The second kappa shape index (κ2) is 7.54. The molecule has 1 saturated heterocycles. The van der Waals surface area contributed by atoms with E-state index in [0.29, 0.717) is 0 Å². The van der Waals surface area contributed by atoms with E-state index in [0.717, 1.165) is 39.3 Å². The van der Waals surface area contributed by atoms with Crippen molar-refractivity contribution < 1.29 is 4.74 Å². The molecule has 2 heteroatoms. The molecule has 2 nitrogen and oxygen atoms in total. The van der Waals surface area contributed by atoms with Crippen LogP contribution in [0.3, 0.4) is 0 Å². The third-order valence-corrected chi connectivity index (χ3v) is 6.94. The zero-order valence-corrected chi connectivity index (χ0v) is 17.4. The van der Waals surface area contributed by atoms with Crippen LogP contribution in [0, 0.1) is 0 Å². The summed E-state index contributed by atoms with van der Waals surface area (Å²) in [5, 5.41) is 2.90. The van der Waals surface area contributed by atoms with Crippen LogP contribution in [0.15, 0.2) is 60.7 Å². The van der Waals surface area contributed by atoms with Crippen molar-refractivity contribution in [3.63, 3.8) is 0 Å². The van der Waals surface area contributed by atoms with Crippen molar-refractivity contribution in [3.8, 4) is 0 Å². The summed E-state index contributed by atoms with van der Waals surface area (Å²) >= 11 is 0. The second-order valence-corrected chi connectivity index (χ2v) is 8.67. The number of hydrogen-bond donors (Lipinski definition) is 0. The van der Waals surface area contributed by atoms with Crippen LogP contribution in [0.25, 0.3) is 28.0 Å². The molecule has 3 aromatic carbocycles. The molecule has 0 saturated carbocycles. The highest BCUT2D eigenvalue weighted by molar-refractivity contribution is 6.06. The fraction of sp³-hybridized carbons (Fsp3) is 0.286. The van der Waals surface area contributed by atoms with E-state index >= 15 is 0 Å². The van der Waals surface area contributed by atoms with E-state index in [1.165, 1.54) is 62.6 Å². The molecular weight excluding hydrogens is 366 g/mol. The van der Waals surface area contributed by atoms with Gasteiger partial charge in [0.05, 0.1) is 13.2 Å². The molecule has 1 aliphatic heterocycles. The summed E-state index contributed by atoms with van der Waals surface area (Å²) in [6, 6.07) is 20.4. The van der Waals surface area contributed by atoms with Gasteiger partial charge in [-0.3, -0.25) is 4.90 Å². The van der Waals surface area contributed by atoms with Crippen LogP contribution in [0.2, 0.25) is 0 Å². The van der Waals surface area contributed by atoms with Crippen LogP contribution < -0.4 is 0 Å². The number of morpholine rings is 1. The summed E-state index contributed by atoms with van der Waals surface area (Å²) in [7, 11) is 0. The summed E-state index contributed by atoms with van der Waals surface area (Å²) < 4.78 is 5.50. The van der Waals surface area contributed by atoms with Crippen molar-refractivity contribution >= 4 is 28.0 Å². The molecule has 3 aliphatic rings. The zero-order valence-electron chi connectivity index (χ0n) is 17.4. The van der Waals surface area contributed by atoms with E-state index in [2.05, 4.69) is 71.6 Å². The lowest BCUT2D eigenvalue weighted by molar-refractivity contribution is 0.0390. The molecule has 30 heavy (non-hydrogen) atoms. The van der Waals surface area contributed by atoms with Crippen LogP contribution in [-0.4, -0.2) is 37.7 Å². The van der Waals surface area contributed by atoms with Gasteiger partial charge < -0.3 is 4.74 Å². The van der Waals surface area contributed by atoms with Crippen LogP contribution in [0.5, 0.6) is 0 Å². The topological polar surface area (TPSA) is 12.5 Å². The lowest BCUT2D eigenvalue weighted by Crippen LogP contribution is -2.36. The Hall–Kier alpha value is -2.68. The smallest absolute Gasteiger partial charge is 0.0594 e. The van der Waals surface area contributed by atoms with Crippen LogP contribution in [0.4, 0.5) is 0 Å². The number of rotatable bonds is 4. The number of ether oxygens (including phenoxy) is 1. The molecule has 150 valence electrons. The first-order chi connectivity index (χ1) is 14.9. The number of allylic oxidation sites excluding steroid dienone is 2. The van der Waals surface area contributed by atoms with E-state index in [4.69, 9.17) is 4.74 Å². The van der Waals surface area contributed by atoms with Gasteiger partial charge in [0, 0.05) is 19.6 Å². The average molecular weight is 394 g/mol. The zero-order chi connectivity index (χ0) is 19.9. The Kier molecular flexibility index (Phi) is 4.55. The summed E-state index contributed by atoms with van der Waals surface area (Å²) in [6.07, 6.45) is 8.29. The third kappa shape index (κ3) is 3.12. The molecule has 0 aromatic heterocycles. The van der Waals surface area contributed by atoms with Gasteiger partial charge in [0.2, 0.25) is 0 Å². The average Bonchev–Trinajstić information content (AvgIpc) is 3.38. The molecule has 0 radical (unpaired) electrons. The third-order valence-electron chi connectivity index (χ3n) is 6.94. The maximum atomic E-state index is 5.50. The maximum absolute atomic E-state index is 5.50. The summed E-state index contributed by atoms with van der Waals surface area (Å²) in [6.45, 7) is 4.95. The van der Waals surface area contributed by atoms with Gasteiger partial charge in [-0.1, -0.05) is 60.7 Å². The van der Waals surface area contributed by atoms with Crippen LogP contribution in [-0.2, 0) is 17.6 Å². The molecule has 0 spiro atoms. The number of fused-ring (bicyclic) bond motifs is 1. The van der Waals surface area contributed by atoms with Crippen molar-refractivity contribution in [2.45, 2.75) is 19.3 Å². The Morgan fingerprint density at radius 2 is 1.63 bits per heavy atom. The van der Waals surface area contributed by atoms with Crippen molar-refractivity contribution in [3.05, 3.63) is 88.5 Å². The lowest BCUT2D eigenvalue weighted by atomic mass is 9.97. The first kappa shape index (κ1) is 18.1. The largest absolute Gasteiger partial charge is 0.379 e. The van der Waals surface area contributed by atoms with E-state index < -0.39 is 0 Å². The van der Waals surface area contributed by atoms with Gasteiger partial charge in [0.25, 0.3) is 0 Å². The van der Waals surface area contributed by atoms with E-state index in [-0.39, 0.29) is 0 Å². The molecule has 0 unspecified atom stereocenters. The molecule has 0 N–H and O–H groups in total. The Morgan fingerprint density at radius 1 is 0.833 bits per heavy atom. The van der Waals surface area contributed by atoms with E-state index in [9.17, 15) is 0 Å². The van der Waals surface area contributed by atoms with Crippen LogP contribution >= 0.6 is 0 Å². The molecule has 3 aromatic rings. The van der Waals surface area contributed by atoms with Gasteiger partial charge in [0.1, 0.15) is 0 Å². The minimum Gasteiger partial charge on any atom is -0.379 e. The fourth-order valence-electron chi connectivity index (χ4n) is 5.35. The molecule has 1 heterocycles. The minimum atomic E-state index is 0.867. The van der Waals surface area contributed by atoms with Crippen molar-refractivity contribution in [1.82, 2.24) is 4.90 Å². The Labute approximate surface area is 178 Å².